The molecule has 0 unspecified atom stereocenters. The fourth-order valence-electron chi connectivity index (χ4n) is 3.10. The second-order valence-corrected chi connectivity index (χ2v) is 7.15. The molecule has 2 aromatic carbocycles. The highest BCUT2D eigenvalue weighted by molar-refractivity contribution is 7.14. The molecule has 0 fully saturated rings. The van der Waals surface area contributed by atoms with Crippen LogP contribution < -0.4 is 0 Å². The molecule has 0 amide bonds. The van der Waals surface area contributed by atoms with E-state index in [-0.39, 0.29) is 5.82 Å². The number of fused-ring (bicyclic) bond motifs is 1. The van der Waals surface area contributed by atoms with Crippen LogP contribution in [0, 0.1) is 5.82 Å². The Morgan fingerprint density at radius 3 is 2.41 bits per heavy atom. The van der Waals surface area contributed by atoms with Crippen LogP contribution in [0.4, 0.5) is 4.39 Å². The van der Waals surface area contributed by atoms with Gasteiger partial charge >= 0.3 is 0 Å². The number of benzene rings is 2. The van der Waals surface area contributed by atoms with Gasteiger partial charge in [0.05, 0.1) is 11.8 Å². The maximum Gasteiger partial charge on any atom is 0.163 e. The van der Waals surface area contributed by atoms with Crippen molar-refractivity contribution in [3.05, 3.63) is 90.5 Å². The summed E-state index contributed by atoms with van der Waals surface area (Å²) in [5.41, 5.74) is 6.01. The lowest BCUT2D eigenvalue weighted by atomic mass is 10.1. The quantitative estimate of drug-likeness (QED) is 0.393. The van der Waals surface area contributed by atoms with Crippen LogP contribution in [0.1, 0.15) is 0 Å². The van der Waals surface area contributed by atoms with Crippen molar-refractivity contribution in [2.45, 2.75) is 0 Å². The van der Waals surface area contributed by atoms with Gasteiger partial charge < -0.3 is 0 Å². The van der Waals surface area contributed by atoms with Gasteiger partial charge in [-0.15, -0.1) is 11.3 Å². The summed E-state index contributed by atoms with van der Waals surface area (Å²) in [7, 11) is 0. The van der Waals surface area contributed by atoms with Crippen LogP contribution in [0.25, 0.3) is 38.3 Å². The zero-order chi connectivity index (χ0) is 18.2. The first kappa shape index (κ1) is 15.9. The summed E-state index contributed by atoms with van der Waals surface area (Å²) in [6, 6.07) is 18.9. The van der Waals surface area contributed by atoms with Crippen LogP contribution in [0.3, 0.4) is 0 Å². The van der Waals surface area contributed by atoms with Gasteiger partial charge in [0.2, 0.25) is 0 Å². The lowest BCUT2D eigenvalue weighted by molar-refractivity contribution is 0.628. The van der Waals surface area contributed by atoms with Gasteiger partial charge in [-0.3, -0.25) is 0 Å². The highest BCUT2D eigenvalue weighted by Crippen LogP contribution is 2.34. The van der Waals surface area contributed by atoms with Crippen molar-refractivity contribution in [2.75, 3.05) is 0 Å². The number of nitrogens with zero attached hydrogens (tertiary/aromatic N) is 3. The second kappa shape index (κ2) is 6.45. The number of rotatable bonds is 3. The minimum Gasteiger partial charge on any atom is -0.236 e. The molecule has 0 aliphatic carbocycles. The van der Waals surface area contributed by atoms with E-state index in [4.69, 9.17) is 0 Å². The minimum atomic E-state index is -0.249. The van der Waals surface area contributed by atoms with Gasteiger partial charge in [0.1, 0.15) is 5.82 Å². The Kier molecular flexibility index (Phi) is 3.80. The van der Waals surface area contributed by atoms with E-state index in [2.05, 4.69) is 33.7 Å². The van der Waals surface area contributed by atoms with E-state index < -0.39 is 0 Å². The van der Waals surface area contributed by atoms with Gasteiger partial charge in [-0.05, 0) is 40.3 Å². The van der Waals surface area contributed by atoms with Crippen LogP contribution in [-0.2, 0) is 0 Å². The van der Waals surface area contributed by atoms with E-state index in [1.165, 1.54) is 23.3 Å². The highest BCUT2D eigenvalue weighted by atomic mass is 32.1. The first-order valence-electron chi connectivity index (χ1n) is 8.51. The normalized spacial score (nSPS) is 11.1. The third kappa shape index (κ3) is 2.92. The molecule has 0 aliphatic heterocycles. The fourth-order valence-corrected chi connectivity index (χ4v) is 4.02. The number of hydrogen-bond acceptors (Lipinski definition) is 3. The molecule has 0 saturated heterocycles. The van der Waals surface area contributed by atoms with Gasteiger partial charge in [0, 0.05) is 22.8 Å². The van der Waals surface area contributed by atoms with Crippen molar-refractivity contribution in [2.24, 2.45) is 0 Å². The monoisotopic (exact) mass is 371 g/mol. The summed E-state index contributed by atoms with van der Waals surface area (Å²) in [6.45, 7) is 0. The maximum absolute atomic E-state index is 13.1. The lowest BCUT2D eigenvalue weighted by Gasteiger charge is -2.02. The van der Waals surface area contributed by atoms with Crippen molar-refractivity contribution in [3.63, 3.8) is 0 Å². The first-order valence-corrected chi connectivity index (χ1v) is 9.39. The SMILES string of the molecule is Fc1ccc(-c2cnc3c(-c4cc(-c5ccccc5)cs4)cnn3c2)cc1. The summed E-state index contributed by atoms with van der Waals surface area (Å²) in [6.07, 6.45) is 5.57. The number of thiophene rings is 1. The third-order valence-electron chi connectivity index (χ3n) is 4.51. The van der Waals surface area contributed by atoms with Crippen molar-refractivity contribution in [3.8, 4) is 32.7 Å². The summed E-state index contributed by atoms with van der Waals surface area (Å²) in [5.74, 6) is -0.249. The van der Waals surface area contributed by atoms with E-state index in [0.29, 0.717) is 0 Å². The second-order valence-electron chi connectivity index (χ2n) is 6.24. The Bertz CT molecular complexity index is 1220. The van der Waals surface area contributed by atoms with Gasteiger partial charge in [0.15, 0.2) is 5.65 Å². The third-order valence-corrected chi connectivity index (χ3v) is 5.47. The average molecular weight is 371 g/mol. The Labute approximate surface area is 159 Å². The molecule has 3 nitrogen and oxygen atoms in total. The molecule has 0 aliphatic rings. The van der Waals surface area contributed by atoms with Gasteiger partial charge in [-0.25, -0.2) is 13.9 Å². The van der Waals surface area contributed by atoms with Crippen LogP contribution in [-0.4, -0.2) is 14.6 Å². The van der Waals surface area contributed by atoms with Crippen molar-refractivity contribution in [1.82, 2.24) is 14.6 Å². The smallest absolute Gasteiger partial charge is 0.163 e. The van der Waals surface area contributed by atoms with Crippen LogP contribution in [0.15, 0.2) is 84.6 Å². The van der Waals surface area contributed by atoms with Crippen molar-refractivity contribution >= 4 is 17.0 Å². The van der Waals surface area contributed by atoms with E-state index >= 15 is 0 Å². The molecule has 0 saturated carbocycles. The summed E-state index contributed by atoms with van der Waals surface area (Å²) < 4.78 is 14.9. The minimum absolute atomic E-state index is 0.249. The molecule has 3 aromatic heterocycles. The van der Waals surface area contributed by atoms with Crippen LogP contribution in [0.5, 0.6) is 0 Å². The Balaban J connectivity index is 1.54. The molecular formula is C22H14FN3S. The summed E-state index contributed by atoms with van der Waals surface area (Å²) in [5, 5.41) is 6.62. The van der Waals surface area contributed by atoms with E-state index in [0.717, 1.165) is 27.2 Å². The van der Waals surface area contributed by atoms with E-state index in [1.807, 2.05) is 30.6 Å². The standard InChI is InChI=1S/C22H14FN3S/c23-19-8-6-16(7-9-19)18-11-24-22-20(12-25-26(22)13-18)21-10-17(14-27-21)15-4-2-1-3-5-15/h1-14H. The first-order chi connectivity index (χ1) is 13.3. The Morgan fingerprint density at radius 2 is 1.59 bits per heavy atom. The molecule has 0 atom stereocenters. The molecule has 3 heterocycles. The largest absolute Gasteiger partial charge is 0.236 e. The van der Waals surface area contributed by atoms with E-state index in [9.17, 15) is 4.39 Å². The molecule has 0 spiro atoms. The topological polar surface area (TPSA) is 30.2 Å². The lowest BCUT2D eigenvalue weighted by Crippen LogP contribution is -1.92. The maximum atomic E-state index is 13.1. The summed E-state index contributed by atoms with van der Waals surface area (Å²) >= 11 is 1.68. The van der Waals surface area contributed by atoms with Crippen molar-refractivity contribution in [1.29, 1.82) is 0 Å². The number of halogens is 1. The molecule has 5 aromatic rings. The zero-order valence-electron chi connectivity index (χ0n) is 14.2. The zero-order valence-corrected chi connectivity index (χ0v) is 15.0. The van der Waals surface area contributed by atoms with Gasteiger partial charge in [0.25, 0.3) is 0 Å². The Hall–Kier alpha value is -3.31. The summed E-state index contributed by atoms with van der Waals surface area (Å²) in [4.78, 5) is 5.74. The predicted octanol–water partition coefficient (Wildman–Crippen LogP) is 5.93. The average Bonchev–Trinajstić information content (AvgIpc) is 3.36. The Morgan fingerprint density at radius 1 is 0.815 bits per heavy atom. The molecule has 5 rings (SSSR count). The molecule has 0 N–H and O–H groups in total. The molecular weight excluding hydrogens is 357 g/mol. The molecule has 130 valence electrons. The van der Waals surface area contributed by atoms with Gasteiger partial charge in [-0.2, -0.15) is 5.10 Å². The van der Waals surface area contributed by atoms with Gasteiger partial charge in [-0.1, -0.05) is 42.5 Å². The van der Waals surface area contributed by atoms with Crippen molar-refractivity contribution < 1.29 is 4.39 Å². The predicted molar refractivity (Wildman–Crippen MR) is 107 cm³/mol. The van der Waals surface area contributed by atoms with E-state index in [1.54, 1.807) is 34.2 Å². The highest BCUT2D eigenvalue weighted by Gasteiger charge is 2.12. The molecule has 0 radical (unpaired) electrons. The molecule has 27 heavy (non-hydrogen) atoms. The fraction of sp³-hybridized carbons (Fsp3) is 0. The molecule has 5 heteroatoms. The van der Waals surface area contributed by atoms with Crippen LogP contribution >= 0.6 is 11.3 Å². The molecule has 0 bridgehead atoms. The van der Waals surface area contributed by atoms with Crippen LogP contribution in [0.2, 0.25) is 0 Å². The number of hydrogen-bond donors (Lipinski definition) is 0. The number of aromatic nitrogens is 3.